The molecule has 0 spiro atoms. The molecule has 0 aliphatic rings. The summed E-state index contributed by atoms with van der Waals surface area (Å²) in [5.41, 5.74) is 6.80. The molecular formula is C21H26N2O2. The van der Waals surface area contributed by atoms with Crippen molar-refractivity contribution in [3.8, 4) is 5.75 Å². The van der Waals surface area contributed by atoms with Gasteiger partial charge in [0.1, 0.15) is 5.75 Å². The molecule has 0 aliphatic carbocycles. The Kier molecular flexibility index (Phi) is 6.34. The maximum Gasteiger partial charge on any atom is 0.280 e. The molecular weight excluding hydrogens is 312 g/mol. The van der Waals surface area contributed by atoms with Crippen LogP contribution in [0.5, 0.6) is 5.75 Å². The van der Waals surface area contributed by atoms with Crippen LogP contribution in [0.15, 0.2) is 53.6 Å². The summed E-state index contributed by atoms with van der Waals surface area (Å²) >= 11 is 0. The van der Waals surface area contributed by atoms with Gasteiger partial charge in [0.05, 0.1) is 5.71 Å². The van der Waals surface area contributed by atoms with Crippen LogP contribution >= 0.6 is 0 Å². The Bertz CT molecular complexity index is 752. The fourth-order valence-electron chi connectivity index (χ4n) is 2.39. The molecule has 0 saturated carbocycles. The van der Waals surface area contributed by atoms with Gasteiger partial charge in [0, 0.05) is 0 Å². The molecule has 0 saturated heterocycles. The van der Waals surface area contributed by atoms with Crippen LogP contribution in [0.25, 0.3) is 0 Å². The van der Waals surface area contributed by atoms with Crippen molar-refractivity contribution < 1.29 is 9.53 Å². The molecule has 1 atom stereocenters. The predicted molar refractivity (Wildman–Crippen MR) is 102 cm³/mol. The van der Waals surface area contributed by atoms with Gasteiger partial charge in [-0.15, -0.1) is 0 Å². The Balaban J connectivity index is 2.05. The minimum Gasteiger partial charge on any atom is -0.481 e. The standard InChI is InChI=1S/C21H26N2O2/c1-14(2)20(18-9-7-6-8-10-18)22-23-21(24)17(5)25-19-12-11-15(3)16(4)13-19/h6-14,17H,1-5H3,(H,23,24)/b22-20+. The Morgan fingerprint density at radius 2 is 1.68 bits per heavy atom. The molecule has 4 nitrogen and oxygen atoms in total. The highest BCUT2D eigenvalue weighted by atomic mass is 16.5. The molecule has 0 bridgehead atoms. The molecule has 25 heavy (non-hydrogen) atoms. The number of hydrogen-bond acceptors (Lipinski definition) is 3. The van der Waals surface area contributed by atoms with E-state index in [0.29, 0.717) is 5.75 Å². The van der Waals surface area contributed by atoms with Crippen molar-refractivity contribution in [2.75, 3.05) is 0 Å². The summed E-state index contributed by atoms with van der Waals surface area (Å²) in [6.45, 7) is 9.88. The van der Waals surface area contributed by atoms with Gasteiger partial charge in [0.2, 0.25) is 0 Å². The quantitative estimate of drug-likeness (QED) is 0.632. The molecule has 0 radical (unpaired) electrons. The number of carbonyl (C=O) groups is 1. The summed E-state index contributed by atoms with van der Waals surface area (Å²) in [4.78, 5) is 12.3. The summed E-state index contributed by atoms with van der Waals surface area (Å²) in [6, 6.07) is 15.6. The van der Waals surface area contributed by atoms with Gasteiger partial charge in [-0.3, -0.25) is 4.79 Å². The first kappa shape index (κ1) is 18.7. The van der Waals surface area contributed by atoms with E-state index in [-0.39, 0.29) is 11.8 Å². The number of ether oxygens (including phenoxy) is 1. The van der Waals surface area contributed by atoms with Gasteiger partial charge in [-0.1, -0.05) is 50.2 Å². The van der Waals surface area contributed by atoms with Crippen molar-refractivity contribution in [2.45, 2.75) is 40.7 Å². The van der Waals surface area contributed by atoms with Gasteiger partial charge >= 0.3 is 0 Å². The van der Waals surface area contributed by atoms with Crippen LogP contribution in [0.1, 0.15) is 37.5 Å². The van der Waals surface area contributed by atoms with Gasteiger partial charge in [-0.05, 0) is 55.5 Å². The number of rotatable bonds is 6. The van der Waals surface area contributed by atoms with Crippen molar-refractivity contribution in [1.29, 1.82) is 0 Å². The second-order valence-electron chi connectivity index (χ2n) is 6.50. The monoisotopic (exact) mass is 338 g/mol. The molecule has 0 aromatic heterocycles. The second kappa shape index (κ2) is 8.47. The first-order valence-electron chi connectivity index (χ1n) is 8.55. The maximum atomic E-state index is 12.3. The van der Waals surface area contributed by atoms with Crippen LogP contribution in [-0.2, 0) is 4.79 Å². The molecule has 1 amide bonds. The Hall–Kier alpha value is -2.62. The molecule has 4 heteroatoms. The van der Waals surface area contributed by atoms with E-state index < -0.39 is 6.10 Å². The number of amides is 1. The van der Waals surface area contributed by atoms with E-state index in [9.17, 15) is 4.79 Å². The van der Waals surface area contributed by atoms with Crippen molar-refractivity contribution >= 4 is 11.6 Å². The summed E-state index contributed by atoms with van der Waals surface area (Å²) < 4.78 is 5.73. The molecule has 0 fully saturated rings. The van der Waals surface area contributed by atoms with Gasteiger partial charge in [-0.2, -0.15) is 5.10 Å². The number of hydrazone groups is 1. The molecule has 0 heterocycles. The molecule has 1 N–H and O–H groups in total. The van der Waals surface area contributed by atoms with Crippen LogP contribution in [0.3, 0.4) is 0 Å². The topological polar surface area (TPSA) is 50.7 Å². The molecule has 1 unspecified atom stereocenters. The number of carbonyl (C=O) groups excluding carboxylic acids is 1. The first-order chi connectivity index (χ1) is 11.9. The highest BCUT2D eigenvalue weighted by Crippen LogP contribution is 2.17. The summed E-state index contributed by atoms with van der Waals surface area (Å²) in [6.07, 6.45) is -0.630. The molecule has 132 valence electrons. The number of hydrogen-bond donors (Lipinski definition) is 1. The Labute approximate surface area is 149 Å². The van der Waals surface area contributed by atoms with Gasteiger partial charge < -0.3 is 4.74 Å². The second-order valence-corrected chi connectivity index (χ2v) is 6.50. The summed E-state index contributed by atoms with van der Waals surface area (Å²) in [5.74, 6) is 0.604. The minimum atomic E-state index is -0.630. The lowest BCUT2D eigenvalue weighted by atomic mass is 10.0. The molecule has 0 aliphatic heterocycles. The van der Waals surface area contributed by atoms with Gasteiger partial charge in [0.25, 0.3) is 5.91 Å². The third kappa shape index (κ3) is 5.18. The number of benzene rings is 2. The van der Waals surface area contributed by atoms with E-state index in [2.05, 4.69) is 10.5 Å². The SMILES string of the molecule is Cc1ccc(OC(C)C(=O)N/N=C(/c2ccccc2)C(C)C)cc1C. The Morgan fingerprint density at radius 1 is 1.00 bits per heavy atom. The van der Waals surface area contributed by atoms with Crippen LogP contribution in [0.4, 0.5) is 0 Å². The first-order valence-corrected chi connectivity index (χ1v) is 8.55. The fourth-order valence-corrected chi connectivity index (χ4v) is 2.39. The molecule has 2 aromatic rings. The van der Waals surface area contributed by atoms with Crippen LogP contribution in [0.2, 0.25) is 0 Å². The fraction of sp³-hybridized carbons (Fsp3) is 0.333. The number of aryl methyl sites for hydroxylation is 2. The zero-order valence-electron chi connectivity index (χ0n) is 15.5. The van der Waals surface area contributed by atoms with Crippen molar-refractivity contribution in [3.05, 3.63) is 65.2 Å². The maximum absolute atomic E-state index is 12.3. The van der Waals surface area contributed by atoms with Gasteiger partial charge in [0.15, 0.2) is 6.10 Å². The van der Waals surface area contributed by atoms with Crippen LogP contribution < -0.4 is 10.2 Å². The predicted octanol–water partition coefficient (Wildman–Crippen LogP) is 4.25. The lowest BCUT2D eigenvalue weighted by molar-refractivity contribution is -0.127. The van der Waals surface area contributed by atoms with Crippen LogP contribution in [0, 0.1) is 19.8 Å². The highest BCUT2D eigenvalue weighted by Gasteiger charge is 2.16. The third-order valence-electron chi connectivity index (χ3n) is 4.06. The van der Waals surface area contributed by atoms with Gasteiger partial charge in [-0.25, -0.2) is 5.43 Å². The van der Waals surface area contributed by atoms with E-state index in [0.717, 1.165) is 16.8 Å². The lowest BCUT2D eigenvalue weighted by Crippen LogP contribution is -2.34. The summed E-state index contributed by atoms with van der Waals surface area (Å²) in [7, 11) is 0. The highest BCUT2D eigenvalue weighted by molar-refractivity contribution is 6.02. The lowest BCUT2D eigenvalue weighted by Gasteiger charge is -2.15. The van der Waals surface area contributed by atoms with Crippen molar-refractivity contribution in [1.82, 2.24) is 5.43 Å². The smallest absolute Gasteiger partial charge is 0.280 e. The summed E-state index contributed by atoms with van der Waals surface area (Å²) in [5, 5.41) is 4.32. The molecule has 2 rings (SSSR count). The van der Waals surface area contributed by atoms with Crippen molar-refractivity contribution in [3.63, 3.8) is 0 Å². The number of nitrogens with one attached hydrogen (secondary N) is 1. The third-order valence-corrected chi connectivity index (χ3v) is 4.06. The number of nitrogens with zero attached hydrogens (tertiary/aromatic N) is 1. The van der Waals surface area contributed by atoms with E-state index in [1.165, 1.54) is 5.56 Å². The van der Waals surface area contributed by atoms with Crippen LogP contribution in [-0.4, -0.2) is 17.7 Å². The van der Waals surface area contributed by atoms with E-state index in [1.807, 2.05) is 76.2 Å². The zero-order valence-corrected chi connectivity index (χ0v) is 15.5. The van der Waals surface area contributed by atoms with E-state index in [4.69, 9.17) is 4.74 Å². The average Bonchev–Trinajstić information content (AvgIpc) is 2.58. The average molecular weight is 338 g/mol. The normalized spacial score (nSPS) is 12.8. The molecule has 2 aromatic carbocycles. The Morgan fingerprint density at radius 3 is 2.28 bits per heavy atom. The van der Waals surface area contributed by atoms with E-state index >= 15 is 0 Å². The van der Waals surface area contributed by atoms with Crippen molar-refractivity contribution in [2.24, 2.45) is 11.0 Å². The largest absolute Gasteiger partial charge is 0.481 e. The minimum absolute atomic E-state index is 0.193. The van der Waals surface area contributed by atoms with E-state index in [1.54, 1.807) is 6.92 Å². The zero-order chi connectivity index (χ0) is 18.4.